The van der Waals surface area contributed by atoms with Crippen LogP contribution in [0.5, 0.6) is 0 Å². The lowest BCUT2D eigenvalue weighted by molar-refractivity contribution is 0.0592. The molecular weight excluding hydrogens is 387 g/mol. The molecule has 0 amide bonds. The van der Waals surface area contributed by atoms with Gasteiger partial charge in [-0.1, -0.05) is 18.6 Å². The number of benzene rings is 1. The number of esters is 1. The number of carbonyl (C=O) groups excluding carboxylic acids is 1. The number of para-hydroxylation sites is 2. The molecule has 8 heteroatoms. The third kappa shape index (κ3) is 3.79. The van der Waals surface area contributed by atoms with Crippen LogP contribution in [0.3, 0.4) is 0 Å². The summed E-state index contributed by atoms with van der Waals surface area (Å²) in [6.45, 7) is 6.09. The second kappa shape index (κ2) is 8.95. The van der Waals surface area contributed by atoms with Crippen LogP contribution < -0.4 is 0 Å². The first-order valence-electron chi connectivity index (χ1n) is 8.97. The maximum Gasteiger partial charge on any atom is 0.357 e. The van der Waals surface area contributed by atoms with Gasteiger partial charge in [0.2, 0.25) is 5.78 Å². The lowest BCUT2D eigenvalue weighted by Gasteiger charge is -2.26. The van der Waals surface area contributed by atoms with Crippen LogP contribution in [0, 0.1) is 6.92 Å². The summed E-state index contributed by atoms with van der Waals surface area (Å²) in [7, 11) is 1.41. The summed E-state index contributed by atoms with van der Waals surface area (Å²) in [5.74, 6) is 0.472. The molecular formula is C19H26Cl2N4O2. The van der Waals surface area contributed by atoms with Gasteiger partial charge in [0.05, 0.1) is 23.8 Å². The van der Waals surface area contributed by atoms with Crippen LogP contribution in [0.25, 0.3) is 16.8 Å². The number of fused-ring (bicyclic) bond motifs is 3. The third-order valence-corrected chi connectivity index (χ3v) is 5.16. The molecule has 0 saturated carbocycles. The molecule has 1 aliphatic heterocycles. The van der Waals surface area contributed by atoms with Gasteiger partial charge in [0.25, 0.3) is 0 Å². The molecule has 27 heavy (non-hydrogen) atoms. The number of nitrogens with zero attached hydrogens (tertiary/aromatic N) is 4. The van der Waals surface area contributed by atoms with Gasteiger partial charge >= 0.3 is 5.97 Å². The molecule has 0 aliphatic carbocycles. The highest BCUT2D eigenvalue weighted by Gasteiger charge is 2.23. The fraction of sp³-hybridized carbons (Fsp3) is 0.474. The van der Waals surface area contributed by atoms with E-state index in [2.05, 4.69) is 20.5 Å². The van der Waals surface area contributed by atoms with Crippen molar-refractivity contribution in [2.45, 2.75) is 32.7 Å². The number of likely N-dealkylation sites (tertiary alicyclic amines) is 1. The van der Waals surface area contributed by atoms with Crippen LogP contribution in [0.2, 0.25) is 0 Å². The number of rotatable bonds is 4. The summed E-state index contributed by atoms with van der Waals surface area (Å²) in [4.78, 5) is 19.5. The van der Waals surface area contributed by atoms with E-state index in [1.54, 1.807) is 0 Å². The number of methoxy groups -OCH3 is 1. The number of piperidine rings is 1. The number of imidazole rings is 2. The predicted molar refractivity (Wildman–Crippen MR) is 112 cm³/mol. The van der Waals surface area contributed by atoms with Crippen LogP contribution in [-0.4, -0.2) is 51.6 Å². The number of hydrogen-bond acceptors (Lipinski definition) is 4. The molecule has 3 heterocycles. The Balaban J connectivity index is 0.00000131. The van der Waals surface area contributed by atoms with Gasteiger partial charge in [-0.15, -0.1) is 24.8 Å². The highest BCUT2D eigenvalue weighted by molar-refractivity contribution is 5.93. The number of aryl methyl sites for hydroxylation is 1. The minimum Gasteiger partial charge on any atom is -0.464 e. The van der Waals surface area contributed by atoms with Crippen molar-refractivity contribution in [1.82, 2.24) is 18.9 Å². The second-order valence-corrected chi connectivity index (χ2v) is 6.72. The molecule has 1 fully saturated rings. The van der Waals surface area contributed by atoms with E-state index in [-0.39, 0.29) is 30.8 Å². The second-order valence-electron chi connectivity index (χ2n) is 6.72. The Kier molecular flexibility index (Phi) is 7.14. The molecule has 1 saturated heterocycles. The largest absolute Gasteiger partial charge is 0.464 e. The number of carbonyl (C=O) groups is 1. The molecule has 0 bridgehead atoms. The van der Waals surface area contributed by atoms with Crippen molar-refractivity contribution in [2.75, 3.05) is 26.7 Å². The molecule has 0 unspecified atom stereocenters. The zero-order valence-electron chi connectivity index (χ0n) is 15.7. The standard InChI is InChI=1S/C19H24N4O2.2ClH/c1-14-17(18(24)25-2)23-16-9-5-4-8-15(16)22(19(23)20-14)13-12-21-10-6-3-7-11-21;;/h4-5,8-9H,3,6-7,10-13H2,1-2H3;2*1H. The zero-order valence-corrected chi connectivity index (χ0v) is 17.3. The fourth-order valence-electron chi connectivity index (χ4n) is 3.89. The van der Waals surface area contributed by atoms with Crippen molar-refractivity contribution in [3.63, 3.8) is 0 Å². The van der Waals surface area contributed by atoms with Crippen molar-refractivity contribution < 1.29 is 9.53 Å². The van der Waals surface area contributed by atoms with E-state index >= 15 is 0 Å². The zero-order chi connectivity index (χ0) is 17.4. The monoisotopic (exact) mass is 412 g/mol. The van der Waals surface area contributed by atoms with Gasteiger partial charge < -0.3 is 14.2 Å². The van der Waals surface area contributed by atoms with E-state index in [1.807, 2.05) is 29.5 Å². The van der Waals surface area contributed by atoms with Crippen molar-refractivity contribution in [3.05, 3.63) is 35.7 Å². The fourth-order valence-corrected chi connectivity index (χ4v) is 3.89. The van der Waals surface area contributed by atoms with E-state index in [0.29, 0.717) is 11.4 Å². The SMILES string of the molecule is COC(=O)c1c(C)nc2n(CCN3CCCCC3)c3ccccc3n12.Cl.Cl. The Morgan fingerprint density at radius 2 is 1.74 bits per heavy atom. The quantitative estimate of drug-likeness (QED) is 0.612. The molecule has 3 aromatic rings. The van der Waals surface area contributed by atoms with Crippen molar-refractivity contribution in [2.24, 2.45) is 0 Å². The average Bonchev–Trinajstić information content (AvgIpc) is 3.13. The van der Waals surface area contributed by atoms with Gasteiger partial charge in [-0.2, -0.15) is 0 Å². The van der Waals surface area contributed by atoms with E-state index in [4.69, 9.17) is 4.74 Å². The molecule has 1 aliphatic rings. The molecule has 6 nitrogen and oxygen atoms in total. The smallest absolute Gasteiger partial charge is 0.357 e. The van der Waals surface area contributed by atoms with E-state index < -0.39 is 0 Å². The Morgan fingerprint density at radius 3 is 2.41 bits per heavy atom. The lowest BCUT2D eigenvalue weighted by atomic mass is 10.1. The highest BCUT2D eigenvalue weighted by Crippen LogP contribution is 2.25. The molecule has 0 N–H and O–H groups in total. The molecule has 148 valence electrons. The van der Waals surface area contributed by atoms with Crippen LogP contribution in [0.1, 0.15) is 35.4 Å². The highest BCUT2D eigenvalue weighted by atomic mass is 35.5. The first kappa shape index (κ1) is 21.5. The molecule has 0 radical (unpaired) electrons. The number of halogens is 2. The van der Waals surface area contributed by atoms with E-state index in [0.717, 1.165) is 29.9 Å². The topological polar surface area (TPSA) is 51.8 Å². The summed E-state index contributed by atoms with van der Waals surface area (Å²) >= 11 is 0. The maximum absolute atomic E-state index is 12.3. The van der Waals surface area contributed by atoms with E-state index in [9.17, 15) is 4.79 Å². The number of ether oxygens (including phenoxy) is 1. The molecule has 0 spiro atoms. The van der Waals surface area contributed by atoms with Gasteiger partial charge in [0.15, 0.2) is 5.69 Å². The summed E-state index contributed by atoms with van der Waals surface area (Å²) in [5, 5.41) is 0. The van der Waals surface area contributed by atoms with Crippen LogP contribution in [0.15, 0.2) is 24.3 Å². The van der Waals surface area contributed by atoms with Gasteiger partial charge in [0, 0.05) is 13.1 Å². The minimum absolute atomic E-state index is 0. The Bertz CT molecular complexity index is 929. The van der Waals surface area contributed by atoms with Crippen LogP contribution in [-0.2, 0) is 11.3 Å². The van der Waals surface area contributed by atoms with E-state index in [1.165, 1.54) is 39.5 Å². The third-order valence-electron chi connectivity index (χ3n) is 5.16. The van der Waals surface area contributed by atoms with Crippen LogP contribution in [0.4, 0.5) is 0 Å². The van der Waals surface area contributed by atoms with Crippen molar-refractivity contribution in [3.8, 4) is 0 Å². The van der Waals surface area contributed by atoms with Crippen molar-refractivity contribution in [1.29, 1.82) is 0 Å². The maximum atomic E-state index is 12.3. The lowest BCUT2D eigenvalue weighted by Crippen LogP contribution is -2.32. The average molecular weight is 413 g/mol. The summed E-state index contributed by atoms with van der Waals surface area (Å²) in [5.41, 5.74) is 3.33. The molecule has 1 aromatic carbocycles. The number of aromatic nitrogens is 3. The van der Waals surface area contributed by atoms with Crippen molar-refractivity contribution >= 4 is 47.6 Å². The van der Waals surface area contributed by atoms with Gasteiger partial charge in [-0.25, -0.2) is 9.78 Å². The molecule has 4 rings (SSSR count). The van der Waals surface area contributed by atoms with Gasteiger partial charge in [-0.3, -0.25) is 4.40 Å². The molecule has 0 atom stereocenters. The first-order valence-corrected chi connectivity index (χ1v) is 8.97. The summed E-state index contributed by atoms with van der Waals surface area (Å²) in [6, 6.07) is 8.15. The minimum atomic E-state index is -0.344. The number of hydrogen-bond donors (Lipinski definition) is 0. The normalized spacial score (nSPS) is 14.7. The predicted octanol–water partition coefficient (Wildman–Crippen LogP) is 3.71. The first-order chi connectivity index (χ1) is 12.2. The van der Waals surface area contributed by atoms with Gasteiger partial charge in [0.1, 0.15) is 0 Å². The Morgan fingerprint density at radius 1 is 1.07 bits per heavy atom. The summed E-state index contributed by atoms with van der Waals surface area (Å²) in [6.07, 6.45) is 3.92. The van der Waals surface area contributed by atoms with Crippen LogP contribution >= 0.6 is 24.8 Å². The van der Waals surface area contributed by atoms with Gasteiger partial charge in [-0.05, 0) is 45.0 Å². The Hall–Kier alpha value is -1.76. The Labute approximate surface area is 171 Å². The summed E-state index contributed by atoms with van der Waals surface area (Å²) < 4.78 is 9.14. The molecule has 2 aromatic heterocycles.